The van der Waals surface area contributed by atoms with Crippen LogP contribution in [0, 0.1) is 0 Å². The molecule has 31 heavy (non-hydrogen) atoms. The molecule has 2 rings (SSSR count). The summed E-state index contributed by atoms with van der Waals surface area (Å²) in [5.41, 5.74) is 1.50. The van der Waals surface area contributed by atoms with Crippen LogP contribution in [0.5, 0.6) is 0 Å². The predicted molar refractivity (Wildman–Crippen MR) is 115 cm³/mol. The van der Waals surface area contributed by atoms with Crippen LogP contribution in [0.25, 0.3) is 0 Å². The summed E-state index contributed by atoms with van der Waals surface area (Å²) in [6.45, 7) is 3.56. The molecule has 2 amide bonds. The van der Waals surface area contributed by atoms with Crippen molar-refractivity contribution in [2.24, 2.45) is 10.2 Å². The molecule has 166 valence electrons. The number of carbonyl (C=O) groups is 4. The van der Waals surface area contributed by atoms with Gasteiger partial charge >= 0.3 is 11.9 Å². The highest BCUT2D eigenvalue weighted by Gasteiger charge is 2.34. The Morgan fingerprint density at radius 3 is 2.58 bits per heavy atom. The maximum Gasteiger partial charge on any atom is 0.328 e. The van der Waals surface area contributed by atoms with Crippen LogP contribution in [0.15, 0.2) is 40.5 Å². The van der Waals surface area contributed by atoms with Crippen molar-refractivity contribution in [1.29, 1.82) is 0 Å². The Hall–Kier alpha value is -3.21. The molecule has 2 atom stereocenters. The maximum absolute atomic E-state index is 12.4. The van der Waals surface area contributed by atoms with Gasteiger partial charge in [0.05, 0.1) is 13.5 Å². The molecule has 1 aliphatic rings. The number of hydrogen-bond acceptors (Lipinski definition) is 9. The SMILES string of the molecule is COC(=O)C(CC(=O)OCc1ccccc1)NC(=O)CC1S/C(=N/N=C(C)C)NC1=O. The Labute approximate surface area is 183 Å². The van der Waals surface area contributed by atoms with Crippen LogP contribution in [-0.2, 0) is 35.3 Å². The number of thioether (sulfide) groups is 1. The van der Waals surface area contributed by atoms with Gasteiger partial charge < -0.3 is 20.1 Å². The summed E-state index contributed by atoms with van der Waals surface area (Å²) < 4.78 is 9.81. The Morgan fingerprint density at radius 1 is 1.23 bits per heavy atom. The molecule has 0 saturated carbocycles. The molecule has 2 N–H and O–H groups in total. The van der Waals surface area contributed by atoms with Crippen molar-refractivity contribution >= 4 is 46.4 Å². The van der Waals surface area contributed by atoms with Gasteiger partial charge in [-0.05, 0) is 19.4 Å². The van der Waals surface area contributed by atoms with Crippen LogP contribution in [0.1, 0.15) is 32.3 Å². The van der Waals surface area contributed by atoms with Crippen molar-refractivity contribution < 1.29 is 28.7 Å². The number of amidine groups is 1. The lowest BCUT2D eigenvalue weighted by atomic mass is 10.2. The lowest BCUT2D eigenvalue weighted by Crippen LogP contribution is -2.44. The average molecular weight is 449 g/mol. The van der Waals surface area contributed by atoms with Gasteiger partial charge in [0.2, 0.25) is 11.8 Å². The molecule has 0 spiro atoms. The van der Waals surface area contributed by atoms with E-state index in [1.54, 1.807) is 26.0 Å². The number of hydrogen-bond donors (Lipinski definition) is 2. The maximum atomic E-state index is 12.4. The zero-order chi connectivity index (χ0) is 22.8. The van der Waals surface area contributed by atoms with Gasteiger partial charge in [0.15, 0.2) is 5.17 Å². The van der Waals surface area contributed by atoms with Gasteiger partial charge in [0.25, 0.3) is 0 Å². The number of esters is 2. The van der Waals surface area contributed by atoms with Crippen molar-refractivity contribution in [1.82, 2.24) is 10.6 Å². The van der Waals surface area contributed by atoms with Crippen LogP contribution < -0.4 is 10.6 Å². The number of amides is 2. The molecule has 0 radical (unpaired) electrons. The fourth-order valence-corrected chi connectivity index (χ4v) is 3.37. The van der Waals surface area contributed by atoms with Crippen LogP contribution >= 0.6 is 11.8 Å². The van der Waals surface area contributed by atoms with Gasteiger partial charge in [0, 0.05) is 12.1 Å². The van der Waals surface area contributed by atoms with Crippen molar-refractivity contribution in [3.8, 4) is 0 Å². The first-order valence-corrected chi connectivity index (χ1v) is 10.3. The minimum atomic E-state index is -1.23. The van der Waals surface area contributed by atoms with E-state index in [0.29, 0.717) is 5.71 Å². The van der Waals surface area contributed by atoms with Crippen LogP contribution in [-0.4, -0.2) is 53.0 Å². The molecular formula is C20H24N4O6S. The quantitative estimate of drug-likeness (QED) is 0.329. The minimum absolute atomic E-state index is 0.0439. The lowest BCUT2D eigenvalue weighted by Gasteiger charge is -2.16. The van der Waals surface area contributed by atoms with Gasteiger partial charge in [-0.15, -0.1) is 5.10 Å². The number of methoxy groups -OCH3 is 1. The second-order valence-corrected chi connectivity index (χ2v) is 7.94. The second kappa shape index (κ2) is 11.8. The topological polar surface area (TPSA) is 136 Å². The van der Waals surface area contributed by atoms with Crippen molar-refractivity contribution in [3.63, 3.8) is 0 Å². The lowest BCUT2D eigenvalue weighted by molar-refractivity contribution is -0.152. The third kappa shape index (κ3) is 8.21. The molecule has 1 fully saturated rings. The van der Waals surface area contributed by atoms with Gasteiger partial charge in [-0.2, -0.15) is 5.10 Å². The zero-order valence-corrected chi connectivity index (χ0v) is 18.2. The third-order valence-corrected chi connectivity index (χ3v) is 4.99. The number of ether oxygens (including phenoxy) is 2. The van der Waals surface area contributed by atoms with E-state index in [-0.39, 0.29) is 24.1 Å². The highest BCUT2D eigenvalue weighted by atomic mass is 32.2. The Kier molecular flexibility index (Phi) is 9.19. The fourth-order valence-electron chi connectivity index (χ4n) is 2.45. The first kappa shape index (κ1) is 24.1. The van der Waals surface area contributed by atoms with Gasteiger partial charge in [0.1, 0.15) is 17.9 Å². The molecule has 2 unspecified atom stereocenters. The van der Waals surface area contributed by atoms with Crippen molar-refractivity contribution in [2.45, 2.75) is 44.6 Å². The summed E-state index contributed by atoms with van der Waals surface area (Å²) >= 11 is 1.06. The fraction of sp³-hybridized carbons (Fsp3) is 0.400. The molecule has 10 nitrogen and oxygen atoms in total. The van der Waals surface area contributed by atoms with E-state index in [4.69, 9.17) is 4.74 Å². The molecule has 1 aromatic carbocycles. The number of nitrogens with one attached hydrogen (secondary N) is 2. The third-order valence-electron chi connectivity index (χ3n) is 3.92. The average Bonchev–Trinajstić information content (AvgIpc) is 3.09. The second-order valence-electron chi connectivity index (χ2n) is 6.75. The summed E-state index contributed by atoms with van der Waals surface area (Å²) in [7, 11) is 1.15. The Balaban J connectivity index is 1.90. The Morgan fingerprint density at radius 2 is 1.94 bits per heavy atom. The first-order valence-electron chi connectivity index (χ1n) is 9.41. The molecule has 1 aromatic rings. The van der Waals surface area contributed by atoms with Crippen LogP contribution in [0.3, 0.4) is 0 Å². The van der Waals surface area contributed by atoms with Gasteiger partial charge in [-0.3, -0.25) is 14.4 Å². The molecule has 11 heteroatoms. The number of rotatable bonds is 9. The minimum Gasteiger partial charge on any atom is -0.467 e. The number of nitrogens with zero attached hydrogens (tertiary/aromatic N) is 2. The molecule has 0 bridgehead atoms. The van der Waals surface area contributed by atoms with Gasteiger partial charge in [-0.1, -0.05) is 42.1 Å². The van der Waals surface area contributed by atoms with E-state index in [0.717, 1.165) is 24.4 Å². The molecule has 1 aliphatic heterocycles. The van der Waals surface area contributed by atoms with E-state index in [1.807, 2.05) is 18.2 Å². The number of benzene rings is 1. The molecular weight excluding hydrogens is 424 g/mol. The largest absolute Gasteiger partial charge is 0.467 e. The van der Waals surface area contributed by atoms with Crippen molar-refractivity contribution in [2.75, 3.05) is 7.11 Å². The first-order chi connectivity index (χ1) is 14.8. The van der Waals surface area contributed by atoms with E-state index in [9.17, 15) is 19.2 Å². The highest BCUT2D eigenvalue weighted by molar-refractivity contribution is 8.15. The molecule has 0 aromatic heterocycles. The standard InChI is InChI=1S/C20H24N4O6S/c1-12(2)23-24-20-22-18(27)15(31-20)10-16(25)21-14(19(28)29-3)9-17(26)30-11-13-7-5-4-6-8-13/h4-8,14-15H,9-11H2,1-3H3,(H,21,25)(H,22,24,27). The molecule has 1 heterocycles. The van der Waals surface area contributed by atoms with E-state index >= 15 is 0 Å². The normalized spacial score (nSPS) is 17.5. The zero-order valence-electron chi connectivity index (χ0n) is 17.4. The van der Waals surface area contributed by atoms with Gasteiger partial charge in [-0.25, -0.2) is 4.79 Å². The van der Waals surface area contributed by atoms with E-state index in [2.05, 4.69) is 25.6 Å². The number of carbonyl (C=O) groups excluding carboxylic acids is 4. The van der Waals surface area contributed by atoms with Crippen molar-refractivity contribution in [3.05, 3.63) is 35.9 Å². The molecule has 0 aliphatic carbocycles. The Bertz CT molecular complexity index is 883. The summed E-state index contributed by atoms with van der Waals surface area (Å²) in [6.07, 6.45) is -0.608. The highest BCUT2D eigenvalue weighted by Crippen LogP contribution is 2.22. The predicted octanol–water partition coefficient (Wildman–Crippen LogP) is 1.15. The van der Waals surface area contributed by atoms with Crippen LogP contribution in [0.4, 0.5) is 0 Å². The molecule has 1 saturated heterocycles. The summed E-state index contributed by atoms with van der Waals surface area (Å²) in [6, 6.07) is 7.82. The summed E-state index contributed by atoms with van der Waals surface area (Å²) in [5.74, 6) is -2.44. The van der Waals surface area contributed by atoms with E-state index < -0.39 is 35.6 Å². The monoisotopic (exact) mass is 448 g/mol. The smallest absolute Gasteiger partial charge is 0.328 e. The summed E-state index contributed by atoms with van der Waals surface area (Å²) in [4.78, 5) is 48.5. The summed E-state index contributed by atoms with van der Waals surface area (Å²) in [5, 5.41) is 12.3. The van der Waals surface area contributed by atoms with E-state index in [1.165, 1.54) is 0 Å². The van der Waals surface area contributed by atoms with Crippen LogP contribution in [0.2, 0.25) is 0 Å².